The van der Waals surface area contributed by atoms with Gasteiger partial charge in [0.2, 0.25) is 6.29 Å². The van der Waals surface area contributed by atoms with E-state index in [9.17, 15) is 24.6 Å². The van der Waals surface area contributed by atoms with Crippen LogP contribution >= 0.6 is 15.9 Å². The molecular formula is C27H28BrNO10. The van der Waals surface area contributed by atoms with Crippen LogP contribution in [0.4, 0.5) is 4.79 Å². The molecule has 4 atom stereocenters. The number of carbonyl (C=O) groups is 2. The van der Waals surface area contributed by atoms with Crippen molar-refractivity contribution in [1.82, 2.24) is 0 Å². The smallest absolute Gasteiger partial charge is 0.404 e. The maximum atomic E-state index is 12.8. The minimum Gasteiger partial charge on any atom is -0.507 e. The van der Waals surface area contributed by atoms with Crippen LogP contribution in [0.15, 0.2) is 50.1 Å². The topological polar surface area (TPSA) is 168 Å². The Hall–Kier alpha value is -3.45. The Balaban J connectivity index is 1.66. The lowest BCUT2D eigenvalue weighted by atomic mass is 9.89. The lowest BCUT2D eigenvalue weighted by Gasteiger charge is -2.47. The number of rotatable bonds is 7. The van der Waals surface area contributed by atoms with Gasteiger partial charge in [0.25, 0.3) is 0 Å². The molecule has 3 aromatic rings. The number of aryl methyl sites for hydroxylation is 1. The maximum absolute atomic E-state index is 12.8. The fourth-order valence-electron chi connectivity index (χ4n) is 4.70. The molecule has 1 saturated heterocycles. The third-order valence-corrected chi connectivity index (χ3v) is 7.31. The number of hydrogen-bond acceptors (Lipinski definition) is 10. The van der Waals surface area contributed by atoms with E-state index in [1.54, 1.807) is 45.0 Å². The zero-order chi connectivity index (χ0) is 28.6. The highest BCUT2D eigenvalue weighted by Gasteiger charge is 2.53. The number of ether oxygens (including phenoxy) is 4. The number of hydrogen-bond donors (Lipinski definition) is 3. The number of primary amides is 1. The lowest BCUT2D eigenvalue weighted by Crippen LogP contribution is -2.65. The van der Waals surface area contributed by atoms with Crippen molar-refractivity contribution in [1.29, 1.82) is 0 Å². The van der Waals surface area contributed by atoms with E-state index < -0.39 is 41.9 Å². The molecule has 11 nitrogen and oxygen atoms in total. The number of fused-ring (bicyclic) bond motifs is 1. The van der Waals surface area contributed by atoms with Crippen LogP contribution in [-0.4, -0.2) is 59.4 Å². The van der Waals surface area contributed by atoms with Crippen molar-refractivity contribution in [2.75, 3.05) is 7.11 Å². The molecule has 39 heavy (non-hydrogen) atoms. The van der Waals surface area contributed by atoms with Crippen molar-refractivity contribution < 1.29 is 43.2 Å². The Morgan fingerprint density at radius 1 is 1.18 bits per heavy atom. The quantitative estimate of drug-likeness (QED) is 0.268. The number of aliphatic hydroxyl groups excluding tert-OH is 1. The summed E-state index contributed by atoms with van der Waals surface area (Å²) in [4.78, 5) is 37.1. The molecule has 0 bridgehead atoms. The van der Waals surface area contributed by atoms with Gasteiger partial charge in [-0.3, -0.25) is 4.79 Å². The number of Topliss-reactive ketones (excluding diaryl/α,β-unsaturated/α-hetero) is 1. The van der Waals surface area contributed by atoms with Crippen LogP contribution in [0.1, 0.15) is 35.3 Å². The van der Waals surface area contributed by atoms with E-state index in [-0.39, 0.29) is 40.2 Å². The number of amides is 1. The summed E-state index contributed by atoms with van der Waals surface area (Å²) in [6.45, 7) is 4.92. The van der Waals surface area contributed by atoms with Crippen LogP contribution in [0.3, 0.4) is 0 Å². The Bertz CT molecular complexity index is 1480. The molecule has 4 N–H and O–H groups in total. The van der Waals surface area contributed by atoms with Gasteiger partial charge in [0.15, 0.2) is 18.0 Å². The highest BCUT2D eigenvalue weighted by Crippen LogP contribution is 2.38. The maximum Gasteiger partial charge on any atom is 0.404 e. The molecule has 208 valence electrons. The highest BCUT2D eigenvalue weighted by molar-refractivity contribution is 9.10. The molecule has 4 rings (SSSR count). The monoisotopic (exact) mass is 605 g/mol. The molecule has 2 heterocycles. The number of ketones is 1. The first-order valence-corrected chi connectivity index (χ1v) is 12.7. The van der Waals surface area contributed by atoms with Crippen molar-refractivity contribution in [3.63, 3.8) is 0 Å². The standard InChI is InChI=1S/C27H28BrNO10/c1-12-18(36-25-20(32)22(38-26(29)34)23(35-4)27(2,3)39-25)10-9-14-19(31)15(24(33)37-21(12)14)11-17(30)13-7-5-6-8-16(13)28/h5-10,20,22-23,25,31-32H,11H2,1-4H3,(H2,29,34)/t20-,22+,23-,25-/m1/s1. The molecule has 0 aliphatic carbocycles. The van der Waals surface area contributed by atoms with Gasteiger partial charge in [0.05, 0.1) is 16.6 Å². The fourth-order valence-corrected chi connectivity index (χ4v) is 5.21. The Labute approximate surface area is 231 Å². The molecule has 12 heteroatoms. The van der Waals surface area contributed by atoms with Gasteiger partial charge in [-0.1, -0.05) is 34.1 Å². The number of carbonyl (C=O) groups excluding carboxylic acids is 2. The van der Waals surface area contributed by atoms with E-state index in [1.807, 2.05) is 0 Å². The summed E-state index contributed by atoms with van der Waals surface area (Å²) in [5.41, 5.74) is 3.76. The number of methoxy groups -OCH3 is 1. The van der Waals surface area contributed by atoms with Crippen LogP contribution in [0, 0.1) is 6.92 Å². The first-order chi connectivity index (χ1) is 18.4. The Morgan fingerprint density at radius 3 is 2.51 bits per heavy atom. The van der Waals surface area contributed by atoms with E-state index >= 15 is 0 Å². The number of halogens is 1. The summed E-state index contributed by atoms with van der Waals surface area (Å²) >= 11 is 3.31. The second-order valence-electron chi connectivity index (χ2n) is 9.62. The Morgan fingerprint density at radius 2 is 1.87 bits per heavy atom. The van der Waals surface area contributed by atoms with Gasteiger partial charge in [-0.2, -0.15) is 0 Å². The van der Waals surface area contributed by atoms with E-state index in [0.29, 0.717) is 15.6 Å². The van der Waals surface area contributed by atoms with E-state index in [2.05, 4.69) is 15.9 Å². The summed E-state index contributed by atoms with van der Waals surface area (Å²) in [7, 11) is 1.38. The van der Waals surface area contributed by atoms with Crippen molar-refractivity contribution in [3.8, 4) is 11.5 Å². The molecule has 1 aromatic heterocycles. The second-order valence-corrected chi connectivity index (χ2v) is 10.5. The average Bonchev–Trinajstić information content (AvgIpc) is 2.86. The fraction of sp³-hybridized carbons (Fsp3) is 0.370. The third-order valence-electron chi connectivity index (χ3n) is 6.62. The van der Waals surface area contributed by atoms with Crippen LogP contribution in [0.5, 0.6) is 11.5 Å². The van der Waals surface area contributed by atoms with Gasteiger partial charge in [0, 0.05) is 29.1 Å². The van der Waals surface area contributed by atoms with Crippen molar-refractivity contribution >= 4 is 38.8 Å². The number of nitrogens with two attached hydrogens (primary N) is 1. The molecule has 0 radical (unpaired) electrons. The molecule has 1 amide bonds. The Kier molecular flexibility index (Phi) is 8.03. The molecule has 1 aliphatic heterocycles. The summed E-state index contributed by atoms with van der Waals surface area (Å²) in [6, 6.07) is 9.70. The van der Waals surface area contributed by atoms with E-state index in [4.69, 9.17) is 29.1 Å². The minimum atomic E-state index is -1.49. The van der Waals surface area contributed by atoms with E-state index in [1.165, 1.54) is 19.2 Å². The van der Waals surface area contributed by atoms with Gasteiger partial charge in [-0.05, 0) is 39.0 Å². The van der Waals surface area contributed by atoms with Crippen molar-refractivity contribution in [2.24, 2.45) is 5.73 Å². The highest BCUT2D eigenvalue weighted by atomic mass is 79.9. The second kappa shape index (κ2) is 11.0. The van der Waals surface area contributed by atoms with Gasteiger partial charge in [0.1, 0.15) is 23.2 Å². The minimum absolute atomic E-state index is 0.0244. The zero-order valence-electron chi connectivity index (χ0n) is 21.6. The van der Waals surface area contributed by atoms with Gasteiger partial charge < -0.3 is 39.3 Å². The van der Waals surface area contributed by atoms with Crippen molar-refractivity contribution in [2.45, 2.75) is 57.4 Å². The predicted molar refractivity (Wildman–Crippen MR) is 142 cm³/mol. The molecule has 2 aromatic carbocycles. The van der Waals surface area contributed by atoms with Gasteiger partial charge >= 0.3 is 11.7 Å². The molecule has 1 aliphatic rings. The first-order valence-electron chi connectivity index (χ1n) is 11.9. The predicted octanol–water partition coefficient (Wildman–Crippen LogP) is 3.35. The van der Waals surface area contributed by atoms with Crippen LogP contribution in [0.2, 0.25) is 0 Å². The summed E-state index contributed by atoms with van der Waals surface area (Å²) in [6.07, 6.45) is -6.35. The van der Waals surface area contributed by atoms with Gasteiger partial charge in [-0.15, -0.1) is 0 Å². The van der Waals surface area contributed by atoms with Gasteiger partial charge in [-0.25, -0.2) is 9.59 Å². The zero-order valence-corrected chi connectivity index (χ0v) is 23.2. The number of benzene rings is 2. The number of aliphatic hydroxyl groups is 1. The lowest BCUT2D eigenvalue weighted by molar-refractivity contribution is -0.304. The summed E-state index contributed by atoms with van der Waals surface area (Å²) in [5.74, 6) is -0.603. The van der Waals surface area contributed by atoms with Crippen molar-refractivity contribution in [3.05, 3.63) is 68.0 Å². The normalized spacial score (nSPS) is 22.4. The summed E-state index contributed by atoms with van der Waals surface area (Å²) < 4.78 is 28.4. The van der Waals surface area contributed by atoms with Crippen LogP contribution < -0.4 is 16.1 Å². The van der Waals surface area contributed by atoms with Crippen LogP contribution in [-0.2, 0) is 20.6 Å². The molecule has 0 unspecified atom stereocenters. The van der Waals surface area contributed by atoms with Crippen LogP contribution in [0.25, 0.3) is 11.0 Å². The molecule has 0 saturated carbocycles. The number of aromatic hydroxyl groups is 1. The SMILES string of the molecule is CO[C@@H]1[C@@H](OC(N)=O)[C@@H](O)[C@H](Oc2ccc3c(O)c(CC(=O)c4ccccc4Br)c(=O)oc3c2C)OC1(C)C. The molecular weight excluding hydrogens is 578 g/mol. The summed E-state index contributed by atoms with van der Waals surface area (Å²) in [5, 5.41) is 22.0. The van der Waals surface area contributed by atoms with E-state index in [0.717, 1.165) is 0 Å². The third kappa shape index (κ3) is 5.50. The molecule has 0 spiro atoms. The largest absolute Gasteiger partial charge is 0.507 e. The molecule has 1 fully saturated rings. The average molecular weight is 606 g/mol. The first kappa shape index (κ1) is 28.6.